The highest BCUT2D eigenvalue weighted by atomic mass is 16.2. The summed E-state index contributed by atoms with van der Waals surface area (Å²) in [5, 5.41) is 7.33. The summed E-state index contributed by atoms with van der Waals surface area (Å²) in [7, 11) is 0. The van der Waals surface area contributed by atoms with Gasteiger partial charge in [0, 0.05) is 24.7 Å². The zero-order valence-corrected chi connectivity index (χ0v) is 15.9. The molecular weight excluding hydrogens is 340 g/mol. The van der Waals surface area contributed by atoms with Crippen molar-refractivity contribution < 1.29 is 9.59 Å². The molecule has 2 aliphatic heterocycles. The molecule has 1 unspecified atom stereocenters. The third-order valence-electron chi connectivity index (χ3n) is 5.59. The number of H-pyrrole nitrogens is 1. The van der Waals surface area contributed by atoms with Crippen molar-refractivity contribution in [2.75, 3.05) is 18.0 Å². The molecule has 2 aliphatic rings. The van der Waals surface area contributed by atoms with E-state index in [1.54, 1.807) is 4.90 Å². The fourth-order valence-electron chi connectivity index (χ4n) is 4.15. The lowest BCUT2D eigenvalue weighted by Crippen LogP contribution is -2.40. The number of amides is 2. The number of benzene rings is 1. The Labute approximate surface area is 159 Å². The first-order valence-electron chi connectivity index (χ1n) is 9.82. The van der Waals surface area contributed by atoms with E-state index in [0.717, 1.165) is 43.6 Å². The summed E-state index contributed by atoms with van der Waals surface area (Å²) < 4.78 is 0. The van der Waals surface area contributed by atoms with Crippen LogP contribution in [-0.2, 0) is 11.2 Å². The Hall–Kier alpha value is -2.63. The van der Waals surface area contributed by atoms with Crippen LogP contribution in [0.1, 0.15) is 60.9 Å². The quantitative estimate of drug-likeness (QED) is 0.906. The van der Waals surface area contributed by atoms with Crippen LogP contribution in [0.15, 0.2) is 30.3 Å². The molecule has 0 spiro atoms. The van der Waals surface area contributed by atoms with Gasteiger partial charge in [0.05, 0.1) is 11.7 Å². The van der Waals surface area contributed by atoms with Gasteiger partial charge in [-0.05, 0) is 43.4 Å². The monoisotopic (exact) mass is 366 g/mol. The maximum atomic E-state index is 13.0. The Morgan fingerprint density at radius 3 is 2.81 bits per heavy atom. The first-order valence-corrected chi connectivity index (χ1v) is 9.82. The lowest BCUT2D eigenvalue weighted by Gasteiger charge is -2.36. The van der Waals surface area contributed by atoms with Crippen LogP contribution < -0.4 is 4.90 Å². The summed E-state index contributed by atoms with van der Waals surface area (Å²) >= 11 is 0. The SMILES string of the molecule is CC(C)C(=O)N1CCCCC1c1cc(C(=O)N2CCc3ccccc32)n[nH]1. The molecule has 0 saturated carbocycles. The minimum absolute atomic E-state index is 0.0198. The zero-order valence-electron chi connectivity index (χ0n) is 15.9. The van der Waals surface area contributed by atoms with Crippen LogP contribution in [0.25, 0.3) is 0 Å². The Bertz CT molecular complexity index is 857. The third-order valence-corrected chi connectivity index (χ3v) is 5.59. The lowest BCUT2D eigenvalue weighted by atomic mass is 9.97. The summed E-state index contributed by atoms with van der Waals surface area (Å²) in [6.45, 7) is 5.31. The van der Waals surface area contributed by atoms with Gasteiger partial charge >= 0.3 is 0 Å². The summed E-state index contributed by atoms with van der Waals surface area (Å²) in [6.07, 6.45) is 3.88. The number of fused-ring (bicyclic) bond motifs is 1. The van der Waals surface area contributed by atoms with Gasteiger partial charge in [0.15, 0.2) is 5.69 Å². The predicted octanol–water partition coefficient (Wildman–Crippen LogP) is 3.32. The Morgan fingerprint density at radius 2 is 2.00 bits per heavy atom. The molecule has 2 aromatic rings. The fourth-order valence-corrected chi connectivity index (χ4v) is 4.15. The number of piperidine rings is 1. The molecule has 6 nitrogen and oxygen atoms in total. The van der Waals surface area contributed by atoms with Crippen molar-refractivity contribution in [3.05, 3.63) is 47.3 Å². The van der Waals surface area contributed by atoms with Gasteiger partial charge in [0.25, 0.3) is 5.91 Å². The van der Waals surface area contributed by atoms with Crippen LogP contribution >= 0.6 is 0 Å². The summed E-state index contributed by atoms with van der Waals surface area (Å²) in [5.74, 6) is 0.0476. The van der Waals surface area contributed by atoms with Gasteiger partial charge in [-0.2, -0.15) is 5.10 Å². The third kappa shape index (κ3) is 3.24. The maximum absolute atomic E-state index is 13.0. The van der Waals surface area contributed by atoms with Gasteiger partial charge in [-0.3, -0.25) is 14.7 Å². The van der Waals surface area contributed by atoms with Gasteiger partial charge in [0.1, 0.15) is 0 Å². The number of para-hydroxylation sites is 1. The van der Waals surface area contributed by atoms with Crippen molar-refractivity contribution in [1.29, 1.82) is 0 Å². The van der Waals surface area contributed by atoms with Crippen LogP contribution in [0.4, 0.5) is 5.69 Å². The highest BCUT2D eigenvalue weighted by Gasteiger charge is 2.32. The second-order valence-corrected chi connectivity index (χ2v) is 7.74. The van der Waals surface area contributed by atoms with Gasteiger partial charge in [-0.1, -0.05) is 32.0 Å². The van der Waals surface area contributed by atoms with E-state index in [2.05, 4.69) is 16.3 Å². The number of carbonyl (C=O) groups excluding carboxylic acids is 2. The molecule has 0 radical (unpaired) electrons. The summed E-state index contributed by atoms with van der Waals surface area (Å²) in [4.78, 5) is 29.3. The fraction of sp³-hybridized carbons (Fsp3) is 0.476. The highest BCUT2D eigenvalue weighted by Crippen LogP contribution is 2.32. The van der Waals surface area contributed by atoms with Crippen molar-refractivity contribution >= 4 is 17.5 Å². The molecule has 6 heteroatoms. The number of rotatable bonds is 3. The van der Waals surface area contributed by atoms with E-state index in [4.69, 9.17) is 0 Å². The molecule has 27 heavy (non-hydrogen) atoms. The van der Waals surface area contributed by atoms with Crippen molar-refractivity contribution in [2.45, 2.75) is 45.6 Å². The van der Waals surface area contributed by atoms with Crippen LogP contribution in [0.2, 0.25) is 0 Å². The number of aromatic nitrogens is 2. The van der Waals surface area contributed by atoms with Crippen LogP contribution in [-0.4, -0.2) is 40.0 Å². The molecule has 1 aromatic heterocycles. The van der Waals surface area contributed by atoms with Gasteiger partial charge < -0.3 is 9.80 Å². The van der Waals surface area contributed by atoms with Gasteiger partial charge in [0.2, 0.25) is 5.91 Å². The van der Waals surface area contributed by atoms with E-state index in [9.17, 15) is 9.59 Å². The molecule has 1 N–H and O–H groups in total. The maximum Gasteiger partial charge on any atom is 0.278 e. The molecule has 0 aliphatic carbocycles. The molecule has 3 heterocycles. The minimum atomic E-state index is -0.0833. The average Bonchev–Trinajstić information content (AvgIpc) is 3.34. The van der Waals surface area contributed by atoms with Crippen molar-refractivity contribution in [3.8, 4) is 0 Å². The van der Waals surface area contributed by atoms with Crippen molar-refractivity contribution in [2.24, 2.45) is 5.92 Å². The standard InChI is InChI=1S/C21H26N4O2/c1-14(2)20(26)24-11-6-5-9-19(24)16-13-17(23-22-16)21(27)25-12-10-15-7-3-4-8-18(15)25/h3-4,7-8,13-14,19H,5-6,9-12H2,1-2H3,(H,22,23). The number of carbonyl (C=O) groups is 2. The number of likely N-dealkylation sites (tertiary alicyclic amines) is 1. The van der Waals surface area contributed by atoms with E-state index in [0.29, 0.717) is 12.2 Å². The summed E-state index contributed by atoms with van der Waals surface area (Å²) in [5.41, 5.74) is 3.45. The van der Waals surface area contributed by atoms with Gasteiger partial charge in [-0.25, -0.2) is 0 Å². The summed E-state index contributed by atoms with van der Waals surface area (Å²) in [6, 6.07) is 9.82. The Balaban J connectivity index is 1.56. The predicted molar refractivity (Wildman–Crippen MR) is 104 cm³/mol. The number of hydrogen-bond acceptors (Lipinski definition) is 3. The molecular formula is C21H26N4O2. The molecule has 2 amide bonds. The van der Waals surface area contributed by atoms with E-state index < -0.39 is 0 Å². The van der Waals surface area contributed by atoms with E-state index in [1.807, 2.05) is 43.0 Å². The smallest absolute Gasteiger partial charge is 0.278 e. The minimum Gasteiger partial charge on any atom is -0.334 e. The Kier molecular flexibility index (Phi) is 4.72. The van der Waals surface area contributed by atoms with Crippen LogP contribution in [0.5, 0.6) is 0 Å². The second-order valence-electron chi connectivity index (χ2n) is 7.74. The second kappa shape index (κ2) is 7.18. The largest absolute Gasteiger partial charge is 0.334 e. The first-order chi connectivity index (χ1) is 13.1. The molecule has 1 aromatic carbocycles. The molecule has 4 rings (SSSR count). The number of hydrogen-bond donors (Lipinski definition) is 1. The molecule has 142 valence electrons. The van der Waals surface area contributed by atoms with E-state index >= 15 is 0 Å². The zero-order chi connectivity index (χ0) is 19.0. The number of aromatic amines is 1. The Morgan fingerprint density at radius 1 is 1.19 bits per heavy atom. The lowest BCUT2D eigenvalue weighted by molar-refractivity contribution is -0.138. The average molecular weight is 366 g/mol. The van der Waals surface area contributed by atoms with Crippen LogP contribution in [0.3, 0.4) is 0 Å². The topological polar surface area (TPSA) is 69.3 Å². The molecule has 1 saturated heterocycles. The molecule has 1 fully saturated rings. The highest BCUT2D eigenvalue weighted by molar-refractivity contribution is 6.06. The number of nitrogens with one attached hydrogen (secondary N) is 1. The number of nitrogens with zero attached hydrogens (tertiary/aromatic N) is 3. The molecule has 0 bridgehead atoms. The van der Waals surface area contributed by atoms with Crippen molar-refractivity contribution in [1.82, 2.24) is 15.1 Å². The number of anilines is 1. The van der Waals surface area contributed by atoms with E-state index in [-0.39, 0.29) is 23.8 Å². The molecule has 1 atom stereocenters. The van der Waals surface area contributed by atoms with Crippen molar-refractivity contribution in [3.63, 3.8) is 0 Å². The van der Waals surface area contributed by atoms with Gasteiger partial charge in [-0.15, -0.1) is 0 Å². The normalized spacial score (nSPS) is 19.4. The first kappa shape index (κ1) is 17.8. The van der Waals surface area contributed by atoms with E-state index in [1.165, 1.54) is 5.56 Å². The van der Waals surface area contributed by atoms with Crippen LogP contribution in [0, 0.1) is 5.92 Å².